The van der Waals surface area contributed by atoms with E-state index in [0.717, 1.165) is 19.3 Å². The lowest BCUT2D eigenvalue weighted by Gasteiger charge is -2.50. The minimum absolute atomic E-state index is 0.0393. The Labute approximate surface area is 136 Å². The van der Waals surface area contributed by atoms with E-state index in [-0.39, 0.29) is 39.9 Å². The van der Waals surface area contributed by atoms with Gasteiger partial charge < -0.3 is 0 Å². The van der Waals surface area contributed by atoms with E-state index in [4.69, 9.17) is 0 Å². The number of hydrogen-bond donors (Lipinski definition) is 1. The Balaban J connectivity index is 1.84. The molecule has 0 spiro atoms. The number of fused-ring (bicyclic) bond motifs is 2. The van der Waals surface area contributed by atoms with Crippen LogP contribution in [0.5, 0.6) is 0 Å². The fourth-order valence-electron chi connectivity index (χ4n) is 6.67. The molecule has 4 aliphatic rings. The number of amides is 2. The molecule has 3 fully saturated rings. The van der Waals surface area contributed by atoms with E-state index in [0.29, 0.717) is 0 Å². The highest BCUT2D eigenvalue weighted by molar-refractivity contribution is 6.08. The number of rotatable bonds is 1. The number of imide groups is 1. The number of benzene rings is 1. The molecule has 0 unspecified atom stereocenters. The van der Waals surface area contributed by atoms with Gasteiger partial charge >= 0.3 is 0 Å². The van der Waals surface area contributed by atoms with Crippen molar-refractivity contribution in [2.24, 2.45) is 22.7 Å². The molecule has 1 saturated heterocycles. The van der Waals surface area contributed by atoms with Gasteiger partial charge in [0, 0.05) is 10.8 Å². The van der Waals surface area contributed by atoms with Gasteiger partial charge in [-0.15, -0.1) is 0 Å². The van der Waals surface area contributed by atoms with Gasteiger partial charge in [0.05, 0.1) is 11.8 Å². The molecule has 1 heterocycles. The molecule has 1 aromatic carbocycles. The van der Waals surface area contributed by atoms with Crippen LogP contribution in [0.4, 0.5) is 0 Å². The second-order valence-electron chi connectivity index (χ2n) is 7.96. The number of hydrogen-bond acceptors (Lipinski definition) is 2. The molecule has 5 rings (SSSR count). The summed E-state index contributed by atoms with van der Waals surface area (Å²) in [4.78, 5) is 25.4. The van der Waals surface area contributed by atoms with Crippen molar-refractivity contribution < 1.29 is 9.59 Å². The van der Waals surface area contributed by atoms with Crippen LogP contribution in [0, 0.1) is 22.7 Å². The summed E-state index contributed by atoms with van der Waals surface area (Å²) in [5.41, 5.74) is 0.666. The van der Waals surface area contributed by atoms with Gasteiger partial charge in [-0.05, 0) is 23.8 Å². The van der Waals surface area contributed by atoms with E-state index >= 15 is 0 Å². The van der Waals surface area contributed by atoms with E-state index in [1.165, 1.54) is 12.0 Å². The van der Waals surface area contributed by atoms with Crippen molar-refractivity contribution in [1.29, 1.82) is 0 Å². The lowest BCUT2D eigenvalue weighted by atomic mass is 9.52. The number of allylic oxidation sites excluding steroid dienone is 2. The quantitative estimate of drug-likeness (QED) is 0.640. The summed E-state index contributed by atoms with van der Waals surface area (Å²) in [5.74, 6) is -0.547. The Morgan fingerprint density at radius 3 is 2.43 bits per heavy atom. The molecule has 1 aliphatic heterocycles. The minimum Gasteiger partial charge on any atom is -0.296 e. The standard InChI is InChI=1S/C20H21NO2/c1-18-9-5-6-10-19(18)11-12-20(18,13-7-3-2-4-8-13)15-14(19)16(22)21-17(15)23/h2-4,7-8,11-12,14-15H,5-6,9-10H2,1H3,(H,21,22,23)/t14-,15+,18+,19-,20-/m1/s1. The second kappa shape index (κ2) is 3.95. The summed E-state index contributed by atoms with van der Waals surface area (Å²) < 4.78 is 0. The molecule has 5 atom stereocenters. The second-order valence-corrected chi connectivity index (χ2v) is 7.96. The van der Waals surface area contributed by atoms with Crippen LogP contribution in [-0.4, -0.2) is 11.8 Å². The van der Waals surface area contributed by atoms with Gasteiger partial charge in [-0.25, -0.2) is 0 Å². The van der Waals surface area contributed by atoms with Crippen LogP contribution in [0.3, 0.4) is 0 Å². The van der Waals surface area contributed by atoms with E-state index in [1.54, 1.807) is 0 Å². The molecule has 2 saturated carbocycles. The lowest BCUT2D eigenvalue weighted by Crippen LogP contribution is -2.49. The summed E-state index contributed by atoms with van der Waals surface area (Å²) in [6.07, 6.45) is 9.03. The Morgan fingerprint density at radius 2 is 1.65 bits per heavy atom. The van der Waals surface area contributed by atoms with E-state index < -0.39 is 0 Å². The van der Waals surface area contributed by atoms with Gasteiger partial charge in [-0.2, -0.15) is 0 Å². The minimum atomic E-state index is -0.338. The first-order valence-electron chi connectivity index (χ1n) is 8.67. The van der Waals surface area contributed by atoms with Crippen molar-refractivity contribution in [3.63, 3.8) is 0 Å². The van der Waals surface area contributed by atoms with Crippen LogP contribution >= 0.6 is 0 Å². The zero-order chi connectivity index (χ0) is 15.9. The molecule has 23 heavy (non-hydrogen) atoms. The molecule has 1 N–H and O–H groups in total. The first kappa shape index (κ1) is 13.5. The van der Waals surface area contributed by atoms with Gasteiger partial charge in [-0.3, -0.25) is 14.9 Å². The highest BCUT2D eigenvalue weighted by atomic mass is 16.2. The first-order valence-corrected chi connectivity index (χ1v) is 8.67. The average Bonchev–Trinajstić information content (AvgIpc) is 3.09. The van der Waals surface area contributed by atoms with Crippen LogP contribution in [0.15, 0.2) is 42.5 Å². The van der Waals surface area contributed by atoms with Crippen molar-refractivity contribution >= 4 is 11.8 Å². The highest BCUT2D eigenvalue weighted by Gasteiger charge is 2.80. The molecule has 3 aliphatic carbocycles. The maximum atomic E-state index is 12.8. The number of nitrogens with one attached hydrogen (secondary N) is 1. The van der Waals surface area contributed by atoms with Crippen LogP contribution in [0.25, 0.3) is 0 Å². The predicted molar refractivity (Wildman–Crippen MR) is 86.4 cm³/mol. The van der Waals surface area contributed by atoms with Crippen LogP contribution < -0.4 is 5.32 Å². The van der Waals surface area contributed by atoms with Crippen molar-refractivity contribution in [1.82, 2.24) is 5.32 Å². The first-order chi connectivity index (χ1) is 11.1. The molecule has 0 radical (unpaired) electrons. The van der Waals surface area contributed by atoms with Crippen molar-refractivity contribution in [3.05, 3.63) is 48.0 Å². The third-order valence-electron chi connectivity index (χ3n) is 7.54. The maximum Gasteiger partial charge on any atom is 0.231 e. The summed E-state index contributed by atoms with van der Waals surface area (Å²) in [6, 6.07) is 10.4. The molecule has 2 amide bonds. The number of carbonyl (C=O) groups excluding carboxylic acids is 2. The van der Waals surface area contributed by atoms with Crippen LogP contribution in [0.1, 0.15) is 38.2 Å². The zero-order valence-corrected chi connectivity index (χ0v) is 13.3. The molecule has 2 bridgehead atoms. The summed E-state index contributed by atoms with van der Waals surface area (Å²) in [5, 5.41) is 2.64. The van der Waals surface area contributed by atoms with Crippen molar-refractivity contribution in [2.75, 3.05) is 0 Å². The SMILES string of the molecule is C[C@]12CCCC[C@]13C=C[C@@]2(c1ccccc1)[C@@H]1C(=O)NC(=O)[C@@H]13. The summed E-state index contributed by atoms with van der Waals surface area (Å²) >= 11 is 0. The molecule has 0 aromatic heterocycles. The molecule has 1 aromatic rings. The fraction of sp³-hybridized carbons (Fsp3) is 0.500. The van der Waals surface area contributed by atoms with Gasteiger partial charge in [-0.1, -0.05) is 62.2 Å². The lowest BCUT2D eigenvalue weighted by molar-refractivity contribution is -0.129. The third kappa shape index (κ3) is 1.20. The molecular weight excluding hydrogens is 286 g/mol. The van der Waals surface area contributed by atoms with Crippen LogP contribution in [0.2, 0.25) is 0 Å². The smallest absolute Gasteiger partial charge is 0.231 e. The Morgan fingerprint density at radius 1 is 0.957 bits per heavy atom. The molecule has 3 heteroatoms. The summed E-state index contributed by atoms with van der Waals surface area (Å²) in [7, 11) is 0. The number of carbonyl (C=O) groups is 2. The topological polar surface area (TPSA) is 46.2 Å². The van der Waals surface area contributed by atoms with Gasteiger partial charge in [0.25, 0.3) is 0 Å². The molecular formula is C20H21NO2. The summed E-state index contributed by atoms with van der Waals surface area (Å²) in [6.45, 7) is 2.33. The monoisotopic (exact) mass is 307 g/mol. The van der Waals surface area contributed by atoms with Crippen molar-refractivity contribution in [2.45, 2.75) is 38.0 Å². The van der Waals surface area contributed by atoms with Gasteiger partial charge in [0.2, 0.25) is 11.8 Å². The molecule has 118 valence electrons. The maximum absolute atomic E-state index is 12.8. The van der Waals surface area contributed by atoms with Gasteiger partial charge in [0.15, 0.2) is 0 Å². The average molecular weight is 307 g/mol. The fourth-order valence-corrected chi connectivity index (χ4v) is 6.67. The molecule has 3 nitrogen and oxygen atoms in total. The van der Waals surface area contributed by atoms with E-state index in [1.807, 2.05) is 18.2 Å². The largest absolute Gasteiger partial charge is 0.296 e. The normalized spacial score (nSPS) is 46.7. The van der Waals surface area contributed by atoms with E-state index in [2.05, 4.69) is 36.5 Å². The third-order valence-corrected chi connectivity index (χ3v) is 7.54. The Hall–Kier alpha value is -1.90. The highest BCUT2D eigenvalue weighted by Crippen LogP contribution is 2.78. The van der Waals surface area contributed by atoms with E-state index in [9.17, 15) is 9.59 Å². The Kier molecular flexibility index (Phi) is 2.32. The van der Waals surface area contributed by atoms with Gasteiger partial charge in [0.1, 0.15) is 0 Å². The van der Waals surface area contributed by atoms with Crippen LogP contribution in [-0.2, 0) is 15.0 Å². The van der Waals surface area contributed by atoms with Crippen molar-refractivity contribution in [3.8, 4) is 0 Å². The predicted octanol–water partition coefficient (Wildman–Crippen LogP) is 2.96. The zero-order valence-electron chi connectivity index (χ0n) is 13.3. The Bertz CT molecular complexity index is 754.